The molecule has 1 aromatic heterocycles. The Morgan fingerprint density at radius 1 is 1.12 bits per heavy atom. The summed E-state index contributed by atoms with van der Waals surface area (Å²) >= 11 is 0. The van der Waals surface area contributed by atoms with Gasteiger partial charge in [0.25, 0.3) is 0 Å². The Labute approximate surface area is 145 Å². The highest BCUT2D eigenvalue weighted by Gasteiger charge is 2.48. The normalized spacial score (nSPS) is 17.9. The van der Waals surface area contributed by atoms with E-state index in [1.807, 2.05) is 30.3 Å². The standard InChI is InChI=1S/C20H19N3O2/c1-25-13-6-4-12(5-7-13)18-21-16-10-14-15(11-17(16)22-18)23-19(24)20(14)8-2-3-9-20/h4-7,10-11H,2-3,8-9H2,1H3,(H,21,22)(H,23,24). The largest absolute Gasteiger partial charge is 0.497 e. The molecule has 5 nitrogen and oxygen atoms in total. The average Bonchev–Trinajstić information content (AvgIpc) is 3.33. The number of nitrogens with zero attached hydrogens (tertiary/aromatic N) is 1. The van der Waals surface area contributed by atoms with E-state index in [1.54, 1.807) is 7.11 Å². The number of nitrogens with one attached hydrogen (secondary N) is 2. The van der Waals surface area contributed by atoms with Crippen LogP contribution in [0.15, 0.2) is 36.4 Å². The van der Waals surface area contributed by atoms with Gasteiger partial charge in [-0.25, -0.2) is 4.98 Å². The molecule has 1 fully saturated rings. The number of amides is 1. The Kier molecular flexibility index (Phi) is 2.95. The maximum atomic E-state index is 12.6. The Morgan fingerprint density at radius 2 is 1.88 bits per heavy atom. The molecule has 2 N–H and O–H groups in total. The first kappa shape index (κ1) is 14.5. The molecule has 0 saturated heterocycles. The molecule has 0 radical (unpaired) electrons. The maximum Gasteiger partial charge on any atom is 0.235 e. The van der Waals surface area contributed by atoms with Crippen LogP contribution < -0.4 is 10.1 Å². The van der Waals surface area contributed by atoms with Gasteiger partial charge in [0.1, 0.15) is 11.6 Å². The summed E-state index contributed by atoms with van der Waals surface area (Å²) in [6, 6.07) is 12.0. The first-order valence-electron chi connectivity index (χ1n) is 8.70. The second-order valence-electron chi connectivity index (χ2n) is 6.97. The van der Waals surface area contributed by atoms with Crippen LogP contribution in [-0.2, 0) is 10.2 Å². The van der Waals surface area contributed by atoms with E-state index < -0.39 is 0 Å². The summed E-state index contributed by atoms with van der Waals surface area (Å²) in [4.78, 5) is 20.7. The number of aromatic nitrogens is 2. The fourth-order valence-electron chi connectivity index (χ4n) is 4.28. The predicted octanol–water partition coefficient (Wildman–Crippen LogP) is 4.00. The average molecular weight is 333 g/mol. The number of carbonyl (C=O) groups is 1. The molecule has 1 aliphatic heterocycles. The summed E-state index contributed by atoms with van der Waals surface area (Å²) in [6.45, 7) is 0. The third kappa shape index (κ3) is 2.02. The van der Waals surface area contributed by atoms with Crippen LogP contribution in [0, 0.1) is 0 Å². The molecular formula is C20H19N3O2. The number of H-pyrrole nitrogens is 1. The smallest absolute Gasteiger partial charge is 0.235 e. The number of fused-ring (bicyclic) bond motifs is 3. The van der Waals surface area contributed by atoms with Crippen molar-refractivity contribution in [3.8, 4) is 17.1 Å². The number of imidazole rings is 1. The lowest BCUT2D eigenvalue weighted by molar-refractivity contribution is -0.120. The monoisotopic (exact) mass is 333 g/mol. The summed E-state index contributed by atoms with van der Waals surface area (Å²) < 4.78 is 5.21. The van der Waals surface area contributed by atoms with E-state index in [9.17, 15) is 4.79 Å². The van der Waals surface area contributed by atoms with E-state index in [1.165, 1.54) is 0 Å². The minimum Gasteiger partial charge on any atom is -0.497 e. The number of ether oxygens (including phenoxy) is 1. The molecule has 5 rings (SSSR count). The highest BCUT2D eigenvalue weighted by atomic mass is 16.5. The van der Waals surface area contributed by atoms with Crippen molar-refractivity contribution in [3.63, 3.8) is 0 Å². The van der Waals surface area contributed by atoms with Gasteiger partial charge in [-0.3, -0.25) is 4.79 Å². The molecule has 1 saturated carbocycles. The first-order valence-corrected chi connectivity index (χ1v) is 8.70. The lowest BCUT2D eigenvalue weighted by Crippen LogP contribution is -2.30. The van der Waals surface area contributed by atoms with Gasteiger partial charge in [0.05, 0.1) is 23.6 Å². The zero-order valence-corrected chi connectivity index (χ0v) is 14.1. The van der Waals surface area contributed by atoms with E-state index in [-0.39, 0.29) is 11.3 Å². The number of anilines is 1. The van der Waals surface area contributed by atoms with Crippen LogP contribution in [-0.4, -0.2) is 23.0 Å². The number of rotatable bonds is 2. The molecule has 2 aromatic carbocycles. The molecule has 3 aromatic rings. The number of aromatic amines is 1. The number of benzene rings is 2. The Hall–Kier alpha value is -2.82. The molecule has 2 heterocycles. The van der Waals surface area contributed by atoms with Crippen LogP contribution in [0.4, 0.5) is 5.69 Å². The van der Waals surface area contributed by atoms with Crippen LogP contribution in [0.1, 0.15) is 31.2 Å². The van der Waals surface area contributed by atoms with Crippen molar-refractivity contribution < 1.29 is 9.53 Å². The molecular weight excluding hydrogens is 314 g/mol. The van der Waals surface area contributed by atoms with Crippen molar-refractivity contribution in [2.45, 2.75) is 31.1 Å². The van der Waals surface area contributed by atoms with Crippen molar-refractivity contribution in [1.82, 2.24) is 9.97 Å². The van der Waals surface area contributed by atoms with Gasteiger partial charge in [0.15, 0.2) is 0 Å². The molecule has 0 atom stereocenters. The van der Waals surface area contributed by atoms with Crippen molar-refractivity contribution in [3.05, 3.63) is 42.0 Å². The third-order valence-electron chi connectivity index (χ3n) is 5.64. The van der Waals surface area contributed by atoms with Crippen LogP contribution in [0.25, 0.3) is 22.4 Å². The summed E-state index contributed by atoms with van der Waals surface area (Å²) in [5.41, 5.74) is 4.60. The van der Waals surface area contributed by atoms with Crippen molar-refractivity contribution in [2.75, 3.05) is 12.4 Å². The fourth-order valence-corrected chi connectivity index (χ4v) is 4.28. The Morgan fingerprint density at radius 3 is 2.60 bits per heavy atom. The molecule has 25 heavy (non-hydrogen) atoms. The summed E-state index contributed by atoms with van der Waals surface area (Å²) in [5.74, 6) is 1.81. The Balaban J connectivity index is 1.61. The van der Waals surface area contributed by atoms with Crippen LogP contribution in [0.2, 0.25) is 0 Å². The van der Waals surface area contributed by atoms with E-state index in [4.69, 9.17) is 9.72 Å². The van der Waals surface area contributed by atoms with E-state index >= 15 is 0 Å². The minimum absolute atomic E-state index is 0.156. The summed E-state index contributed by atoms with van der Waals surface area (Å²) in [7, 11) is 1.66. The van der Waals surface area contributed by atoms with Gasteiger partial charge in [-0.15, -0.1) is 0 Å². The lowest BCUT2D eigenvalue weighted by atomic mass is 9.80. The zero-order chi connectivity index (χ0) is 17.0. The number of hydrogen-bond donors (Lipinski definition) is 2. The van der Waals surface area contributed by atoms with Crippen LogP contribution in [0.3, 0.4) is 0 Å². The van der Waals surface area contributed by atoms with Gasteiger partial charge in [0.2, 0.25) is 5.91 Å². The SMILES string of the molecule is COc1ccc(-c2nc3cc4c(cc3[nH]2)C2(CCCC2)C(=O)N4)cc1. The second-order valence-corrected chi connectivity index (χ2v) is 6.97. The molecule has 0 unspecified atom stereocenters. The van der Waals surface area contributed by atoms with Crippen molar-refractivity contribution in [2.24, 2.45) is 0 Å². The predicted molar refractivity (Wildman–Crippen MR) is 96.9 cm³/mol. The summed E-state index contributed by atoms with van der Waals surface area (Å²) in [5, 5.41) is 3.08. The zero-order valence-electron chi connectivity index (χ0n) is 14.1. The van der Waals surface area contributed by atoms with E-state index in [2.05, 4.69) is 16.4 Å². The van der Waals surface area contributed by atoms with Gasteiger partial charge in [-0.2, -0.15) is 0 Å². The summed E-state index contributed by atoms with van der Waals surface area (Å²) in [6.07, 6.45) is 4.11. The third-order valence-corrected chi connectivity index (χ3v) is 5.64. The van der Waals surface area contributed by atoms with Gasteiger partial charge < -0.3 is 15.0 Å². The maximum absolute atomic E-state index is 12.6. The Bertz CT molecular complexity index is 982. The molecule has 0 bridgehead atoms. The van der Waals surface area contributed by atoms with Gasteiger partial charge in [0, 0.05) is 11.3 Å². The molecule has 1 amide bonds. The van der Waals surface area contributed by atoms with Crippen LogP contribution in [0.5, 0.6) is 5.75 Å². The van der Waals surface area contributed by atoms with Crippen LogP contribution >= 0.6 is 0 Å². The number of hydrogen-bond acceptors (Lipinski definition) is 3. The molecule has 1 aliphatic carbocycles. The fraction of sp³-hybridized carbons (Fsp3) is 0.300. The van der Waals surface area contributed by atoms with Crippen molar-refractivity contribution in [1.29, 1.82) is 0 Å². The number of carbonyl (C=O) groups excluding carboxylic acids is 1. The van der Waals surface area contributed by atoms with E-state index in [0.717, 1.165) is 65.1 Å². The van der Waals surface area contributed by atoms with Gasteiger partial charge in [-0.05, 0) is 54.8 Å². The second kappa shape index (κ2) is 5.09. The topological polar surface area (TPSA) is 67.0 Å². The molecule has 5 heteroatoms. The highest BCUT2D eigenvalue weighted by molar-refractivity contribution is 6.08. The van der Waals surface area contributed by atoms with Crippen molar-refractivity contribution >= 4 is 22.6 Å². The number of methoxy groups -OCH3 is 1. The lowest BCUT2D eigenvalue weighted by Gasteiger charge is -2.20. The van der Waals surface area contributed by atoms with E-state index in [0.29, 0.717) is 0 Å². The van der Waals surface area contributed by atoms with Gasteiger partial charge >= 0.3 is 0 Å². The molecule has 126 valence electrons. The highest BCUT2D eigenvalue weighted by Crippen LogP contribution is 2.49. The van der Waals surface area contributed by atoms with Gasteiger partial charge in [-0.1, -0.05) is 12.8 Å². The minimum atomic E-state index is -0.324. The molecule has 1 spiro atoms. The first-order chi connectivity index (χ1) is 12.2. The quantitative estimate of drug-likeness (QED) is 0.745. The molecule has 2 aliphatic rings.